The van der Waals surface area contributed by atoms with Gasteiger partial charge in [0, 0.05) is 42.2 Å². The van der Waals surface area contributed by atoms with E-state index in [0.717, 1.165) is 49.0 Å². The average molecular weight is 496 g/mol. The minimum Gasteiger partial charge on any atom is -0.450 e. The molecule has 3 aromatic rings. The predicted molar refractivity (Wildman–Crippen MR) is 136 cm³/mol. The average Bonchev–Trinajstić information content (AvgIpc) is 3.35. The zero-order valence-electron chi connectivity index (χ0n) is 19.6. The van der Waals surface area contributed by atoms with E-state index in [-0.39, 0.29) is 30.3 Å². The maximum Gasteiger partial charge on any atom is 0.287 e. The largest absolute Gasteiger partial charge is 0.450 e. The highest BCUT2D eigenvalue weighted by Gasteiger charge is 2.35. The van der Waals surface area contributed by atoms with Crippen molar-refractivity contribution in [3.8, 4) is 11.1 Å². The van der Waals surface area contributed by atoms with Crippen molar-refractivity contribution in [1.29, 1.82) is 0 Å². The Balaban J connectivity index is 0.00000253. The second-order valence-corrected chi connectivity index (χ2v) is 9.53. The summed E-state index contributed by atoms with van der Waals surface area (Å²) in [5.41, 5.74) is 3.20. The van der Waals surface area contributed by atoms with E-state index in [1.807, 2.05) is 53.4 Å². The molecule has 5 heterocycles. The van der Waals surface area contributed by atoms with Crippen LogP contribution in [0.5, 0.6) is 0 Å². The lowest BCUT2D eigenvalue weighted by molar-refractivity contribution is 0.0303. The summed E-state index contributed by atoms with van der Waals surface area (Å²) in [6, 6.07) is 15.5. The predicted octanol–water partition coefficient (Wildman–Crippen LogP) is 3.82. The van der Waals surface area contributed by atoms with Crippen LogP contribution in [0.3, 0.4) is 0 Å². The molecule has 8 heteroatoms. The fraction of sp³-hybridized carbons (Fsp3) is 0.407. The molecule has 4 aliphatic heterocycles. The number of hydrogen-bond acceptors (Lipinski definition) is 5. The standard InChI is InChI=1S/C27H29N3O4.ClH/c31-26(28-23-17-29-10-8-19(23)9-11-29)24-16-21-2-1-3-22(25(21)34-24)18-4-6-20(7-5-18)27(32)30-12-14-33-15-13-30;/h1-7,16,19,23H,8-15,17H2,(H,28,31);1H/t23-;/m0./s1. The van der Waals surface area contributed by atoms with E-state index in [9.17, 15) is 9.59 Å². The summed E-state index contributed by atoms with van der Waals surface area (Å²) >= 11 is 0. The molecule has 7 rings (SSSR count). The van der Waals surface area contributed by atoms with Crippen molar-refractivity contribution in [2.45, 2.75) is 18.9 Å². The Morgan fingerprint density at radius 3 is 2.37 bits per heavy atom. The summed E-state index contributed by atoms with van der Waals surface area (Å²) in [6.07, 6.45) is 2.30. The van der Waals surface area contributed by atoms with Gasteiger partial charge in [-0.3, -0.25) is 9.59 Å². The zero-order valence-corrected chi connectivity index (χ0v) is 20.4. The molecule has 0 radical (unpaired) electrons. The Morgan fingerprint density at radius 2 is 1.69 bits per heavy atom. The topological polar surface area (TPSA) is 75.0 Å². The Hall–Kier alpha value is -2.87. The van der Waals surface area contributed by atoms with E-state index >= 15 is 0 Å². The van der Waals surface area contributed by atoms with Crippen LogP contribution in [0.2, 0.25) is 0 Å². The van der Waals surface area contributed by atoms with Gasteiger partial charge in [-0.05, 0) is 55.6 Å². The molecule has 2 aromatic carbocycles. The number of hydrogen-bond donors (Lipinski definition) is 1. The number of furan rings is 1. The van der Waals surface area contributed by atoms with Gasteiger partial charge in [-0.2, -0.15) is 0 Å². The third-order valence-electron chi connectivity index (χ3n) is 7.48. The molecule has 0 saturated carbocycles. The van der Waals surface area contributed by atoms with Gasteiger partial charge in [-0.15, -0.1) is 12.4 Å². The second-order valence-electron chi connectivity index (χ2n) is 9.53. The number of nitrogens with one attached hydrogen (secondary N) is 1. The monoisotopic (exact) mass is 495 g/mol. The maximum atomic E-state index is 13.0. The van der Waals surface area contributed by atoms with Gasteiger partial charge in [0.1, 0.15) is 5.58 Å². The number of para-hydroxylation sites is 1. The highest BCUT2D eigenvalue weighted by atomic mass is 35.5. The van der Waals surface area contributed by atoms with Crippen LogP contribution < -0.4 is 5.32 Å². The van der Waals surface area contributed by atoms with Gasteiger partial charge in [0.25, 0.3) is 11.8 Å². The number of nitrogens with zero attached hydrogens (tertiary/aromatic N) is 2. The molecule has 0 spiro atoms. The number of ether oxygens (including phenoxy) is 1. The Kier molecular flexibility index (Phi) is 6.82. The lowest BCUT2D eigenvalue weighted by Gasteiger charge is -2.44. The van der Waals surface area contributed by atoms with Gasteiger partial charge in [-0.25, -0.2) is 0 Å². The number of amides is 2. The molecule has 4 aliphatic rings. The molecule has 1 N–H and O–H groups in total. The minimum absolute atomic E-state index is 0. The van der Waals surface area contributed by atoms with Crippen LogP contribution in [-0.4, -0.2) is 73.6 Å². The third kappa shape index (κ3) is 4.68. The van der Waals surface area contributed by atoms with Crippen molar-refractivity contribution in [2.75, 3.05) is 45.9 Å². The van der Waals surface area contributed by atoms with Crippen LogP contribution >= 0.6 is 12.4 Å². The van der Waals surface area contributed by atoms with Crippen LogP contribution in [-0.2, 0) is 4.74 Å². The van der Waals surface area contributed by atoms with Crippen molar-refractivity contribution >= 4 is 35.2 Å². The first-order chi connectivity index (χ1) is 16.7. The molecular weight excluding hydrogens is 466 g/mol. The summed E-state index contributed by atoms with van der Waals surface area (Å²) in [6.45, 7) is 5.62. The summed E-state index contributed by atoms with van der Waals surface area (Å²) < 4.78 is 11.4. The highest BCUT2D eigenvalue weighted by molar-refractivity contribution is 6.00. The number of piperidine rings is 3. The van der Waals surface area contributed by atoms with Gasteiger partial charge < -0.3 is 24.3 Å². The summed E-state index contributed by atoms with van der Waals surface area (Å²) in [7, 11) is 0. The first kappa shape index (κ1) is 23.9. The lowest BCUT2D eigenvalue weighted by Crippen LogP contribution is -2.57. The van der Waals surface area contributed by atoms with Gasteiger partial charge in [0.2, 0.25) is 0 Å². The van der Waals surface area contributed by atoms with Crippen molar-refractivity contribution in [3.63, 3.8) is 0 Å². The molecular formula is C27H30ClN3O4. The molecule has 2 bridgehead atoms. The third-order valence-corrected chi connectivity index (χ3v) is 7.48. The zero-order chi connectivity index (χ0) is 23.1. The second kappa shape index (κ2) is 10.0. The number of morpholine rings is 1. The molecule has 0 aliphatic carbocycles. The SMILES string of the molecule is Cl.O=C(N[C@H]1CN2CCC1CC2)c1cc2cccc(-c3ccc(C(=O)N4CCOCC4)cc3)c2o1. The van der Waals surface area contributed by atoms with Crippen molar-refractivity contribution in [2.24, 2.45) is 5.92 Å². The van der Waals surface area contributed by atoms with E-state index in [1.54, 1.807) is 0 Å². The first-order valence-corrected chi connectivity index (χ1v) is 12.2. The molecule has 1 atom stereocenters. The molecule has 0 unspecified atom stereocenters. The van der Waals surface area contributed by atoms with E-state index in [0.29, 0.717) is 49.1 Å². The Bertz CT molecular complexity index is 1210. The smallest absolute Gasteiger partial charge is 0.287 e. The van der Waals surface area contributed by atoms with Gasteiger partial charge in [-0.1, -0.05) is 30.3 Å². The molecule has 2 amide bonds. The molecule has 35 heavy (non-hydrogen) atoms. The van der Waals surface area contributed by atoms with Crippen LogP contribution in [0.4, 0.5) is 0 Å². The van der Waals surface area contributed by atoms with Crippen molar-refractivity contribution in [3.05, 3.63) is 59.9 Å². The number of fused-ring (bicyclic) bond motifs is 4. The van der Waals surface area contributed by atoms with E-state index < -0.39 is 0 Å². The van der Waals surface area contributed by atoms with Gasteiger partial charge in [0.15, 0.2) is 5.76 Å². The molecule has 4 saturated heterocycles. The van der Waals surface area contributed by atoms with Crippen LogP contribution in [0.25, 0.3) is 22.1 Å². The minimum atomic E-state index is -0.146. The molecule has 4 fully saturated rings. The normalized spacial score (nSPS) is 23.7. The van der Waals surface area contributed by atoms with Crippen LogP contribution in [0.1, 0.15) is 33.8 Å². The fourth-order valence-corrected chi connectivity index (χ4v) is 5.51. The van der Waals surface area contributed by atoms with E-state index in [4.69, 9.17) is 9.15 Å². The highest BCUT2D eigenvalue weighted by Crippen LogP contribution is 2.32. The fourth-order valence-electron chi connectivity index (χ4n) is 5.51. The lowest BCUT2D eigenvalue weighted by atomic mass is 9.84. The number of carbonyl (C=O) groups is 2. The van der Waals surface area contributed by atoms with E-state index in [1.165, 1.54) is 0 Å². The summed E-state index contributed by atoms with van der Waals surface area (Å²) in [5.74, 6) is 0.788. The molecule has 184 valence electrons. The molecule has 1 aromatic heterocycles. The molecule has 7 nitrogen and oxygen atoms in total. The summed E-state index contributed by atoms with van der Waals surface area (Å²) in [5, 5.41) is 4.11. The Morgan fingerprint density at radius 1 is 0.943 bits per heavy atom. The number of rotatable bonds is 4. The number of halogens is 1. The van der Waals surface area contributed by atoms with Crippen LogP contribution in [0, 0.1) is 5.92 Å². The van der Waals surface area contributed by atoms with Crippen molar-refractivity contribution in [1.82, 2.24) is 15.1 Å². The van der Waals surface area contributed by atoms with Crippen molar-refractivity contribution < 1.29 is 18.7 Å². The van der Waals surface area contributed by atoms with Gasteiger partial charge in [0.05, 0.1) is 13.2 Å². The number of benzene rings is 2. The number of carbonyl (C=O) groups excluding carboxylic acids is 2. The Labute approximate surface area is 210 Å². The van der Waals surface area contributed by atoms with Crippen LogP contribution in [0.15, 0.2) is 52.9 Å². The first-order valence-electron chi connectivity index (χ1n) is 12.2. The summed E-state index contributed by atoms with van der Waals surface area (Å²) in [4.78, 5) is 30.0. The maximum absolute atomic E-state index is 13.0. The van der Waals surface area contributed by atoms with Gasteiger partial charge >= 0.3 is 0 Å². The quantitative estimate of drug-likeness (QED) is 0.595. The van der Waals surface area contributed by atoms with E-state index in [2.05, 4.69) is 10.2 Å².